The Bertz CT molecular complexity index is 287. The van der Waals surface area contributed by atoms with E-state index in [1.165, 1.54) is 0 Å². The van der Waals surface area contributed by atoms with Crippen molar-refractivity contribution < 1.29 is 14.6 Å². The molecule has 4 heteroatoms. The Morgan fingerprint density at radius 1 is 1.24 bits per heavy atom. The first-order chi connectivity index (χ1) is 8.24. The number of aliphatic hydroxyl groups is 1. The van der Waals surface area contributed by atoms with Crippen LogP contribution >= 0.6 is 0 Å². The summed E-state index contributed by atoms with van der Waals surface area (Å²) in [6.07, 6.45) is 6.29. The summed E-state index contributed by atoms with van der Waals surface area (Å²) in [4.78, 5) is 14.3. The summed E-state index contributed by atoms with van der Waals surface area (Å²) in [5, 5.41) is 9.71. The van der Waals surface area contributed by atoms with Gasteiger partial charge in [0.25, 0.3) is 0 Å². The van der Waals surface area contributed by atoms with E-state index in [2.05, 4.69) is 4.90 Å². The third-order valence-electron chi connectivity index (χ3n) is 4.42. The molecule has 0 spiro atoms. The van der Waals surface area contributed by atoms with E-state index in [1.54, 1.807) is 0 Å². The molecule has 0 aromatic carbocycles. The summed E-state index contributed by atoms with van der Waals surface area (Å²) in [5.74, 6) is 0.247. The highest BCUT2D eigenvalue weighted by atomic mass is 16.5. The van der Waals surface area contributed by atoms with Gasteiger partial charge in [-0.15, -0.1) is 0 Å². The van der Waals surface area contributed by atoms with Crippen molar-refractivity contribution in [2.75, 3.05) is 6.61 Å². The zero-order valence-electron chi connectivity index (χ0n) is 10.2. The highest BCUT2D eigenvalue weighted by molar-refractivity contribution is 5.78. The predicted molar refractivity (Wildman–Crippen MR) is 62.5 cm³/mol. The van der Waals surface area contributed by atoms with Crippen molar-refractivity contribution in [3.8, 4) is 0 Å². The summed E-state index contributed by atoms with van der Waals surface area (Å²) in [5.41, 5.74) is 0. The number of fused-ring (bicyclic) bond motifs is 2. The van der Waals surface area contributed by atoms with Crippen LogP contribution in [0.15, 0.2) is 0 Å². The van der Waals surface area contributed by atoms with Gasteiger partial charge < -0.3 is 14.7 Å². The van der Waals surface area contributed by atoms with E-state index in [1.807, 2.05) is 0 Å². The molecule has 1 amide bonds. The number of carbonyl (C=O) groups excluding carboxylic acids is 1. The van der Waals surface area contributed by atoms with Crippen LogP contribution in [0.4, 0.5) is 0 Å². The normalized spacial score (nSPS) is 40.9. The SMILES string of the molecule is O=C(CC1CCCO1)N1C2CCC1CC(O)C2. The van der Waals surface area contributed by atoms with Crippen molar-refractivity contribution in [1.82, 2.24) is 4.90 Å². The van der Waals surface area contributed by atoms with Gasteiger partial charge in [0, 0.05) is 18.7 Å². The molecule has 0 radical (unpaired) electrons. The van der Waals surface area contributed by atoms with Crippen LogP contribution in [0.1, 0.15) is 44.9 Å². The maximum atomic E-state index is 12.3. The number of nitrogens with zero attached hydrogens (tertiary/aromatic N) is 1. The van der Waals surface area contributed by atoms with Gasteiger partial charge >= 0.3 is 0 Å². The van der Waals surface area contributed by atoms with Crippen molar-refractivity contribution in [3.63, 3.8) is 0 Å². The molecular weight excluding hydrogens is 218 g/mol. The van der Waals surface area contributed by atoms with E-state index in [0.29, 0.717) is 6.42 Å². The first-order valence-electron chi connectivity index (χ1n) is 6.85. The fourth-order valence-electron chi connectivity index (χ4n) is 3.66. The smallest absolute Gasteiger partial charge is 0.225 e. The van der Waals surface area contributed by atoms with Crippen molar-refractivity contribution in [2.45, 2.75) is 69.2 Å². The van der Waals surface area contributed by atoms with Crippen LogP contribution in [0.25, 0.3) is 0 Å². The van der Waals surface area contributed by atoms with Crippen LogP contribution in [-0.2, 0) is 9.53 Å². The number of amides is 1. The minimum Gasteiger partial charge on any atom is -0.393 e. The fourth-order valence-corrected chi connectivity index (χ4v) is 3.66. The standard InChI is InChI=1S/C13H21NO3/c15-11-6-9-3-4-10(7-11)14(9)13(16)8-12-2-1-5-17-12/h9-12,15H,1-8H2. The first kappa shape index (κ1) is 11.5. The Labute approximate surface area is 102 Å². The Morgan fingerprint density at radius 2 is 1.94 bits per heavy atom. The maximum absolute atomic E-state index is 12.3. The second-order valence-electron chi connectivity index (χ2n) is 5.65. The van der Waals surface area contributed by atoms with E-state index in [-0.39, 0.29) is 30.2 Å². The molecule has 17 heavy (non-hydrogen) atoms. The van der Waals surface area contributed by atoms with E-state index in [4.69, 9.17) is 4.74 Å². The van der Waals surface area contributed by atoms with Crippen LogP contribution in [0, 0.1) is 0 Å². The molecule has 4 nitrogen and oxygen atoms in total. The number of piperidine rings is 1. The molecule has 1 N–H and O–H groups in total. The summed E-state index contributed by atoms with van der Waals surface area (Å²) >= 11 is 0. The average Bonchev–Trinajstić information content (AvgIpc) is 2.86. The van der Waals surface area contributed by atoms with E-state index < -0.39 is 0 Å². The van der Waals surface area contributed by atoms with Gasteiger partial charge in [0.2, 0.25) is 5.91 Å². The minimum atomic E-state index is -0.195. The molecule has 3 unspecified atom stereocenters. The lowest BCUT2D eigenvalue weighted by Crippen LogP contribution is -2.48. The van der Waals surface area contributed by atoms with Crippen molar-refractivity contribution >= 4 is 5.91 Å². The molecule has 3 heterocycles. The molecule has 3 rings (SSSR count). The van der Waals surface area contributed by atoms with E-state index in [9.17, 15) is 9.90 Å². The van der Waals surface area contributed by atoms with Crippen LogP contribution in [0.2, 0.25) is 0 Å². The lowest BCUT2D eigenvalue weighted by atomic mass is 9.99. The number of carbonyl (C=O) groups is 1. The molecule has 3 aliphatic rings. The third-order valence-corrected chi connectivity index (χ3v) is 4.42. The molecular formula is C13H21NO3. The average molecular weight is 239 g/mol. The highest BCUT2D eigenvalue weighted by Crippen LogP contribution is 2.36. The lowest BCUT2D eigenvalue weighted by molar-refractivity contribution is -0.139. The molecule has 0 aromatic heterocycles. The monoisotopic (exact) mass is 239 g/mol. The maximum Gasteiger partial charge on any atom is 0.225 e. The van der Waals surface area contributed by atoms with Crippen molar-refractivity contribution in [2.24, 2.45) is 0 Å². The number of hydrogen-bond acceptors (Lipinski definition) is 3. The summed E-state index contributed by atoms with van der Waals surface area (Å²) in [6, 6.07) is 0.579. The molecule has 3 aliphatic heterocycles. The molecule has 3 atom stereocenters. The largest absolute Gasteiger partial charge is 0.393 e. The van der Waals surface area contributed by atoms with Crippen LogP contribution in [-0.4, -0.2) is 46.8 Å². The van der Waals surface area contributed by atoms with Gasteiger partial charge in [0.15, 0.2) is 0 Å². The molecule has 0 aromatic rings. The van der Waals surface area contributed by atoms with Crippen LogP contribution in [0.3, 0.4) is 0 Å². The number of rotatable bonds is 2. The second kappa shape index (κ2) is 4.58. The topological polar surface area (TPSA) is 49.8 Å². The predicted octanol–water partition coefficient (Wildman–Crippen LogP) is 1.07. The zero-order chi connectivity index (χ0) is 11.8. The van der Waals surface area contributed by atoms with Crippen LogP contribution in [0.5, 0.6) is 0 Å². The van der Waals surface area contributed by atoms with E-state index in [0.717, 1.165) is 45.1 Å². The summed E-state index contributed by atoms with van der Waals surface area (Å²) < 4.78 is 5.53. The Morgan fingerprint density at radius 3 is 2.53 bits per heavy atom. The lowest BCUT2D eigenvalue weighted by Gasteiger charge is -2.37. The third kappa shape index (κ3) is 2.20. The van der Waals surface area contributed by atoms with Crippen LogP contribution < -0.4 is 0 Å². The fraction of sp³-hybridized carbons (Fsp3) is 0.923. The Hall–Kier alpha value is -0.610. The first-order valence-corrected chi connectivity index (χ1v) is 6.85. The molecule has 0 aliphatic carbocycles. The van der Waals surface area contributed by atoms with Gasteiger partial charge in [-0.25, -0.2) is 0 Å². The van der Waals surface area contributed by atoms with Gasteiger partial charge in [-0.3, -0.25) is 4.79 Å². The Kier molecular flexibility index (Phi) is 3.09. The van der Waals surface area contributed by atoms with Gasteiger partial charge in [0.05, 0.1) is 18.6 Å². The quantitative estimate of drug-likeness (QED) is 0.784. The van der Waals surface area contributed by atoms with Gasteiger partial charge in [0.1, 0.15) is 0 Å². The second-order valence-corrected chi connectivity index (χ2v) is 5.65. The number of hydrogen-bond donors (Lipinski definition) is 1. The molecule has 0 saturated carbocycles. The van der Waals surface area contributed by atoms with Gasteiger partial charge in [-0.05, 0) is 38.5 Å². The molecule has 3 saturated heterocycles. The van der Waals surface area contributed by atoms with E-state index >= 15 is 0 Å². The molecule has 96 valence electrons. The van der Waals surface area contributed by atoms with Gasteiger partial charge in [-0.1, -0.05) is 0 Å². The summed E-state index contributed by atoms with van der Waals surface area (Å²) in [6.45, 7) is 0.809. The minimum absolute atomic E-state index is 0.147. The summed E-state index contributed by atoms with van der Waals surface area (Å²) in [7, 11) is 0. The molecule has 2 bridgehead atoms. The zero-order valence-corrected chi connectivity index (χ0v) is 10.2. The van der Waals surface area contributed by atoms with Crippen molar-refractivity contribution in [1.29, 1.82) is 0 Å². The molecule has 3 fully saturated rings. The van der Waals surface area contributed by atoms with Gasteiger partial charge in [-0.2, -0.15) is 0 Å². The number of aliphatic hydroxyl groups excluding tert-OH is 1. The highest BCUT2D eigenvalue weighted by Gasteiger charge is 2.43. The Balaban J connectivity index is 1.62. The number of ether oxygens (including phenoxy) is 1. The van der Waals surface area contributed by atoms with Crippen molar-refractivity contribution in [3.05, 3.63) is 0 Å².